The number of nitrogens with zero attached hydrogens (tertiary/aromatic N) is 3. The molecule has 9 nitrogen and oxygen atoms in total. The van der Waals surface area contributed by atoms with Crippen LogP contribution in [-0.2, 0) is 14.1 Å². The van der Waals surface area contributed by atoms with Gasteiger partial charge in [-0.3, -0.25) is 15.0 Å². The van der Waals surface area contributed by atoms with Gasteiger partial charge in [0.2, 0.25) is 0 Å². The maximum absolute atomic E-state index is 12.8. The Balaban J connectivity index is 0.00000480. The van der Waals surface area contributed by atoms with Crippen LogP contribution < -0.4 is 21.3 Å². The van der Waals surface area contributed by atoms with Gasteiger partial charge in [-0.1, -0.05) is 0 Å². The number of carbonyl (C=O) groups is 2. The number of nitrogens with two attached hydrogens (primary N) is 1. The summed E-state index contributed by atoms with van der Waals surface area (Å²) in [6, 6.07) is 3.38. The highest BCUT2D eigenvalue weighted by molar-refractivity contribution is 6.18. The predicted molar refractivity (Wildman–Crippen MR) is 129 cm³/mol. The van der Waals surface area contributed by atoms with Crippen LogP contribution in [0, 0.1) is 5.41 Å². The molecule has 2 aromatic heterocycles. The van der Waals surface area contributed by atoms with Gasteiger partial charge in [0.05, 0.1) is 17.2 Å². The molecule has 0 bridgehead atoms. The first-order valence-electron chi connectivity index (χ1n) is 9.38. The van der Waals surface area contributed by atoms with Crippen LogP contribution in [0.25, 0.3) is 0 Å². The van der Waals surface area contributed by atoms with Crippen LogP contribution in [0.2, 0.25) is 0 Å². The van der Waals surface area contributed by atoms with E-state index in [4.69, 9.17) is 34.3 Å². The van der Waals surface area contributed by atoms with Crippen LogP contribution in [0.3, 0.4) is 0 Å². The third-order valence-electron chi connectivity index (χ3n) is 4.47. The van der Waals surface area contributed by atoms with Crippen molar-refractivity contribution in [3.05, 3.63) is 35.9 Å². The molecule has 31 heavy (non-hydrogen) atoms. The number of rotatable bonds is 11. The Morgan fingerprint density at radius 3 is 2.23 bits per heavy atom. The molecule has 2 aromatic rings. The van der Waals surface area contributed by atoms with E-state index in [9.17, 15) is 9.59 Å². The lowest BCUT2D eigenvalue weighted by molar-refractivity contribution is 0.0945. The minimum Gasteiger partial charge on any atom is -0.388 e. The summed E-state index contributed by atoms with van der Waals surface area (Å²) in [5, 5.41) is 12.7. The molecule has 0 aromatic carbocycles. The lowest BCUT2D eigenvalue weighted by Gasteiger charge is -2.20. The van der Waals surface area contributed by atoms with Gasteiger partial charge >= 0.3 is 0 Å². The standard InChI is InChI=1S/C19H27Cl2N7O2.ClH/c1-26-11-13(9-15(26)18(29)24-6-3-17(22)23)25-19(30)16-10-14(12-27(16)2)28(7-4-20)8-5-21;/h9-12H,3-8H2,1-2H3,(H3,22,23)(H,24,29)(H,25,30);1H. The SMILES string of the molecule is Cl.Cn1cc(NC(=O)c2cc(N(CCCl)CCCl)cn2C)cc1C(=O)NCCC(=N)N. The molecule has 172 valence electrons. The minimum atomic E-state index is -0.307. The summed E-state index contributed by atoms with van der Waals surface area (Å²) in [5.41, 5.74) is 7.51. The molecule has 2 rings (SSSR count). The van der Waals surface area contributed by atoms with E-state index in [0.717, 1.165) is 5.69 Å². The van der Waals surface area contributed by atoms with Crippen molar-refractivity contribution in [2.75, 3.05) is 41.6 Å². The number of anilines is 2. The monoisotopic (exact) mass is 491 g/mol. The van der Waals surface area contributed by atoms with Crippen molar-refractivity contribution in [3.8, 4) is 0 Å². The molecule has 0 unspecified atom stereocenters. The predicted octanol–water partition coefficient (Wildman–Crippen LogP) is 2.38. The van der Waals surface area contributed by atoms with Crippen molar-refractivity contribution in [2.45, 2.75) is 6.42 Å². The molecule has 0 fully saturated rings. The Bertz CT molecular complexity index is 904. The number of carbonyl (C=O) groups excluding carboxylic acids is 2. The third kappa shape index (κ3) is 7.37. The Labute approximate surface area is 197 Å². The largest absolute Gasteiger partial charge is 0.388 e. The van der Waals surface area contributed by atoms with Crippen LogP contribution in [0.4, 0.5) is 11.4 Å². The highest BCUT2D eigenvalue weighted by atomic mass is 35.5. The third-order valence-corrected chi connectivity index (χ3v) is 4.81. The highest BCUT2D eigenvalue weighted by Gasteiger charge is 2.18. The molecule has 0 saturated heterocycles. The van der Waals surface area contributed by atoms with E-state index >= 15 is 0 Å². The summed E-state index contributed by atoms with van der Waals surface area (Å²) in [6.07, 6.45) is 3.79. The average Bonchev–Trinajstić information content (AvgIpc) is 3.23. The highest BCUT2D eigenvalue weighted by Crippen LogP contribution is 2.20. The number of aryl methyl sites for hydroxylation is 2. The molecule has 0 aliphatic carbocycles. The quantitative estimate of drug-likeness (QED) is 0.218. The zero-order valence-corrected chi connectivity index (χ0v) is 19.8. The molecule has 2 amide bonds. The van der Waals surface area contributed by atoms with E-state index in [1.807, 2.05) is 11.1 Å². The Hall–Kier alpha value is -2.36. The number of alkyl halides is 2. The molecule has 0 saturated carbocycles. The van der Waals surface area contributed by atoms with Crippen LogP contribution in [0.15, 0.2) is 24.5 Å². The second-order valence-corrected chi connectivity index (χ2v) is 7.53. The van der Waals surface area contributed by atoms with Gasteiger partial charge in [0, 0.05) is 64.3 Å². The Morgan fingerprint density at radius 2 is 1.65 bits per heavy atom. The average molecular weight is 493 g/mol. The second-order valence-electron chi connectivity index (χ2n) is 6.77. The maximum atomic E-state index is 12.8. The fourth-order valence-corrected chi connectivity index (χ4v) is 3.38. The van der Waals surface area contributed by atoms with Crippen molar-refractivity contribution in [1.29, 1.82) is 5.41 Å². The summed E-state index contributed by atoms with van der Waals surface area (Å²) in [6.45, 7) is 1.52. The van der Waals surface area contributed by atoms with E-state index in [-0.39, 0.29) is 43.0 Å². The lowest BCUT2D eigenvalue weighted by atomic mass is 10.3. The molecular formula is C19H28Cl3N7O2. The van der Waals surface area contributed by atoms with Crippen LogP contribution in [0.5, 0.6) is 0 Å². The molecule has 0 aliphatic rings. The number of amidine groups is 1. The number of nitrogens with one attached hydrogen (secondary N) is 3. The van der Waals surface area contributed by atoms with E-state index in [0.29, 0.717) is 41.9 Å². The molecular weight excluding hydrogens is 465 g/mol. The molecule has 0 spiro atoms. The number of hydrogen-bond donors (Lipinski definition) is 4. The molecule has 0 aliphatic heterocycles. The van der Waals surface area contributed by atoms with Crippen molar-refractivity contribution >= 4 is 64.6 Å². The number of hydrogen-bond acceptors (Lipinski definition) is 4. The summed E-state index contributed by atoms with van der Waals surface area (Å²) >= 11 is 11.7. The van der Waals surface area contributed by atoms with Gasteiger partial charge in [-0.25, -0.2) is 0 Å². The van der Waals surface area contributed by atoms with Crippen LogP contribution in [-0.4, -0.2) is 58.2 Å². The minimum absolute atomic E-state index is 0. The van der Waals surface area contributed by atoms with Crippen LogP contribution in [0.1, 0.15) is 27.4 Å². The van der Waals surface area contributed by atoms with E-state index in [2.05, 4.69) is 10.6 Å². The summed E-state index contributed by atoms with van der Waals surface area (Å²) in [5.74, 6) is 0.309. The first-order chi connectivity index (χ1) is 14.3. The van der Waals surface area contributed by atoms with Gasteiger partial charge in [-0.05, 0) is 12.1 Å². The molecule has 5 N–H and O–H groups in total. The van der Waals surface area contributed by atoms with Gasteiger partial charge < -0.3 is 30.4 Å². The van der Waals surface area contributed by atoms with Crippen molar-refractivity contribution < 1.29 is 9.59 Å². The van der Waals surface area contributed by atoms with E-state index in [1.165, 1.54) is 0 Å². The van der Waals surface area contributed by atoms with Crippen LogP contribution >= 0.6 is 35.6 Å². The van der Waals surface area contributed by atoms with Gasteiger partial charge in [-0.15, -0.1) is 35.6 Å². The van der Waals surface area contributed by atoms with E-state index < -0.39 is 0 Å². The molecule has 12 heteroatoms. The zero-order chi connectivity index (χ0) is 22.3. The smallest absolute Gasteiger partial charge is 0.272 e. The van der Waals surface area contributed by atoms with Gasteiger partial charge in [0.15, 0.2) is 0 Å². The first kappa shape index (κ1) is 26.7. The number of aromatic nitrogens is 2. The van der Waals surface area contributed by atoms with Crippen molar-refractivity contribution in [1.82, 2.24) is 14.5 Å². The molecule has 2 heterocycles. The van der Waals surface area contributed by atoms with Gasteiger partial charge in [-0.2, -0.15) is 0 Å². The normalized spacial score (nSPS) is 10.3. The second kappa shape index (κ2) is 12.5. The number of amides is 2. The van der Waals surface area contributed by atoms with E-state index in [1.54, 1.807) is 41.6 Å². The lowest BCUT2D eigenvalue weighted by Crippen LogP contribution is -2.28. The molecule has 0 atom stereocenters. The maximum Gasteiger partial charge on any atom is 0.272 e. The Morgan fingerprint density at radius 1 is 1.06 bits per heavy atom. The van der Waals surface area contributed by atoms with Crippen molar-refractivity contribution in [2.24, 2.45) is 19.8 Å². The topological polar surface area (TPSA) is 121 Å². The molecule has 0 radical (unpaired) electrons. The first-order valence-corrected chi connectivity index (χ1v) is 10.5. The van der Waals surface area contributed by atoms with Gasteiger partial charge in [0.1, 0.15) is 11.4 Å². The fraction of sp³-hybridized carbons (Fsp3) is 0.421. The Kier molecular flexibility index (Phi) is 10.7. The summed E-state index contributed by atoms with van der Waals surface area (Å²) < 4.78 is 3.36. The van der Waals surface area contributed by atoms with Gasteiger partial charge in [0.25, 0.3) is 11.8 Å². The zero-order valence-electron chi connectivity index (χ0n) is 17.5. The summed E-state index contributed by atoms with van der Waals surface area (Å²) in [4.78, 5) is 27.1. The fourth-order valence-electron chi connectivity index (χ4n) is 2.97. The summed E-state index contributed by atoms with van der Waals surface area (Å²) in [7, 11) is 3.50. The number of halogens is 3. The van der Waals surface area contributed by atoms with Crippen molar-refractivity contribution in [3.63, 3.8) is 0 Å².